The maximum absolute atomic E-state index is 2.97. The normalized spacial score (nSPS) is 10.0. The zero-order valence-electron chi connectivity index (χ0n) is 20.7. The summed E-state index contributed by atoms with van der Waals surface area (Å²) in [5.74, 6) is 0. The Morgan fingerprint density at radius 1 is 0.594 bits per heavy atom. The minimum atomic E-state index is -1.12. The molecule has 0 amide bonds. The first-order valence-corrected chi connectivity index (χ1v) is 19.6. The molecule has 176 valence electrons. The van der Waals surface area contributed by atoms with Gasteiger partial charge in [-0.2, -0.15) is 22.9 Å². The SMILES string of the molecule is C[Si](C)(C)c1cc2ccccc2[cH-]1.C[Si](C)(C)c1cc2ccccc2[cH-]1.Cl.Cl.[CH3-].[CH3-].[Si]=[Ti]. The van der Waals surface area contributed by atoms with Crippen LogP contribution in [0.5, 0.6) is 0 Å². The maximum atomic E-state index is 2.97. The van der Waals surface area contributed by atoms with Crippen LogP contribution in [0.25, 0.3) is 21.5 Å². The number of benzene rings is 2. The van der Waals surface area contributed by atoms with E-state index in [2.05, 4.69) is 120 Å². The van der Waals surface area contributed by atoms with Crippen LogP contribution in [-0.4, -0.2) is 23.8 Å². The summed E-state index contributed by atoms with van der Waals surface area (Å²) in [6.07, 6.45) is 0. The van der Waals surface area contributed by atoms with Gasteiger partial charge in [0.15, 0.2) is 0 Å². The van der Waals surface area contributed by atoms with E-state index in [1.54, 1.807) is 29.5 Å². The summed E-state index contributed by atoms with van der Waals surface area (Å²) in [6, 6.07) is 26.6. The van der Waals surface area contributed by atoms with Crippen LogP contribution in [-0.2, 0) is 19.2 Å². The molecule has 4 rings (SSSR count). The Kier molecular flexibility index (Phi) is 17.5. The molecule has 32 heavy (non-hydrogen) atoms. The zero-order chi connectivity index (χ0) is 20.9. The monoisotopic (exact) mass is 552 g/mol. The molecule has 0 aliphatic heterocycles. The third kappa shape index (κ3) is 9.84. The van der Waals surface area contributed by atoms with Gasteiger partial charge in [-0.1, -0.05) is 51.4 Å². The summed E-state index contributed by atoms with van der Waals surface area (Å²) in [5, 5.41) is 8.68. The molecule has 0 saturated carbocycles. The molecule has 0 spiro atoms. The molecule has 0 saturated heterocycles. The Morgan fingerprint density at radius 3 is 1.12 bits per heavy atom. The number of halogens is 2. The molecule has 0 bridgehead atoms. The first kappa shape index (κ1) is 36.2. The van der Waals surface area contributed by atoms with E-state index >= 15 is 0 Å². The van der Waals surface area contributed by atoms with Crippen LogP contribution in [0.4, 0.5) is 0 Å². The third-order valence-corrected chi connectivity index (χ3v) is 9.01. The summed E-state index contributed by atoms with van der Waals surface area (Å²) < 4.78 is 0. The first-order chi connectivity index (χ1) is 13.1. The summed E-state index contributed by atoms with van der Waals surface area (Å²) in [6.45, 7) is 14.3. The second kappa shape index (κ2) is 15.5. The van der Waals surface area contributed by atoms with Gasteiger partial charge in [-0.15, -0.1) is 94.5 Å². The van der Waals surface area contributed by atoms with E-state index in [9.17, 15) is 0 Å². The average Bonchev–Trinajstić information content (AvgIpc) is 3.27. The molecule has 0 aliphatic carbocycles. The van der Waals surface area contributed by atoms with Crippen molar-refractivity contribution in [3.8, 4) is 0 Å². The first-order valence-electron chi connectivity index (χ1n) is 9.71. The standard InChI is InChI=1S/2C12H15Si.2CH3.2ClH.Si.Ti/c2*1-13(2,3)12-8-10-6-4-5-7-11(10)9-12;;;;;;/h2*4-9H,1-3H3;2*1H3;2*1H;;/q4*-1;;;;. The molecule has 0 nitrogen and oxygen atoms in total. The molecule has 0 heterocycles. The molecule has 0 fully saturated rings. The molecule has 4 aromatic rings. The predicted octanol–water partition coefficient (Wildman–Crippen LogP) is 7.57. The number of hydrogen-bond acceptors (Lipinski definition) is 0. The number of fused-ring (bicyclic) bond motifs is 2. The van der Waals surface area contributed by atoms with E-state index in [0.29, 0.717) is 0 Å². The Morgan fingerprint density at radius 2 is 0.875 bits per heavy atom. The molecule has 4 aromatic carbocycles. The van der Waals surface area contributed by atoms with E-state index in [4.69, 9.17) is 0 Å². The van der Waals surface area contributed by atoms with E-state index < -0.39 is 16.1 Å². The van der Waals surface area contributed by atoms with Gasteiger partial charge in [0.05, 0.1) is 16.1 Å². The molecular formula is C26H38Cl2Si3Ti-4. The van der Waals surface area contributed by atoms with Crippen LogP contribution in [0.1, 0.15) is 0 Å². The van der Waals surface area contributed by atoms with Gasteiger partial charge in [-0.05, 0) is 0 Å². The van der Waals surface area contributed by atoms with Crippen molar-refractivity contribution in [2.75, 3.05) is 0 Å². The van der Waals surface area contributed by atoms with E-state index in [0.717, 1.165) is 0 Å². The van der Waals surface area contributed by atoms with Crippen molar-refractivity contribution in [1.82, 2.24) is 0 Å². The van der Waals surface area contributed by atoms with E-state index in [1.807, 2.05) is 0 Å². The van der Waals surface area contributed by atoms with Gasteiger partial charge in [0.25, 0.3) is 0 Å². The van der Waals surface area contributed by atoms with E-state index in [1.165, 1.54) is 21.5 Å². The summed E-state index contributed by atoms with van der Waals surface area (Å²) in [4.78, 5) is 0. The van der Waals surface area contributed by atoms with E-state index in [-0.39, 0.29) is 39.7 Å². The molecule has 0 aliphatic rings. The van der Waals surface area contributed by atoms with Crippen molar-refractivity contribution in [3.05, 3.63) is 87.6 Å². The van der Waals surface area contributed by atoms with Gasteiger partial charge < -0.3 is 14.9 Å². The van der Waals surface area contributed by atoms with Gasteiger partial charge in [0.2, 0.25) is 0 Å². The predicted molar refractivity (Wildman–Crippen MR) is 158 cm³/mol. The summed E-state index contributed by atoms with van der Waals surface area (Å²) in [5.41, 5.74) is 0. The minimum absolute atomic E-state index is 0. The van der Waals surface area contributed by atoms with Crippen LogP contribution >= 0.6 is 24.8 Å². The average molecular weight is 554 g/mol. The van der Waals surface area contributed by atoms with Gasteiger partial charge in [0.1, 0.15) is 0 Å². The molecule has 0 aromatic heterocycles. The topological polar surface area (TPSA) is 0 Å². The van der Waals surface area contributed by atoms with Crippen molar-refractivity contribution >= 4 is 80.5 Å². The molecular weight excluding hydrogens is 515 g/mol. The van der Waals surface area contributed by atoms with Gasteiger partial charge in [-0.3, -0.25) is 0 Å². The van der Waals surface area contributed by atoms with Crippen molar-refractivity contribution in [1.29, 1.82) is 0 Å². The van der Waals surface area contributed by atoms with Crippen molar-refractivity contribution < 1.29 is 19.2 Å². The van der Waals surface area contributed by atoms with Crippen LogP contribution in [0, 0.1) is 14.9 Å². The summed E-state index contributed by atoms with van der Waals surface area (Å²) >= 11 is 1.81. The van der Waals surface area contributed by atoms with Crippen LogP contribution in [0.3, 0.4) is 0 Å². The van der Waals surface area contributed by atoms with Crippen LogP contribution < -0.4 is 10.4 Å². The fourth-order valence-electron chi connectivity index (χ4n) is 3.17. The zero-order valence-corrected chi connectivity index (χ0v) is 26.9. The Hall–Kier alpha value is -0.395. The quantitative estimate of drug-likeness (QED) is 0.177. The van der Waals surface area contributed by atoms with Crippen molar-refractivity contribution in [2.24, 2.45) is 0 Å². The van der Waals surface area contributed by atoms with Gasteiger partial charge in [0, 0.05) is 0 Å². The molecule has 2 radical (unpaired) electrons. The van der Waals surface area contributed by atoms with Crippen LogP contribution in [0.2, 0.25) is 39.3 Å². The van der Waals surface area contributed by atoms with Crippen LogP contribution in [0.15, 0.2) is 72.8 Å². The van der Waals surface area contributed by atoms with Gasteiger partial charge >= 0.3 is 26.8 Å². The Labute approximate surface area is 225 Å². The summed E-state index contributed by atoms with van der Waals surface area (Å²) in [7, 11) is 0.739. The Balaban J connectivity index is -0.000000437. The van der Waals surface area contributed by atoms with Gasteiger partial charge in [-0.25, -0.2) is 0 Å². The van der Waals surface area contributed by atoms with Crippen molar-refractivity contribution in [3.63, 3.8) is 0 Å². The third-order valence-electron chi connectivity index (χ3n) is 4.97. The fraction of sp³-hybridized carbons (Fsp3) is 0.231. The molecule has 0 unspecified atom stereocenters. The number of hydrogen-bond donors (Lipinski definition) is 0. The molecule has 0 atom stereocenters. The van der Waals surface area contributed by atoms with Crippen molar-refractivity contribution in [2.45, 2.75) is 39.3 Å². The molecule has 0 N–H and O–H groups in total. The second-order valence-corrected chi connectivity index (χ2v) is 19.4. The Bertz CT molecular complexity index is 890. The number of rotatable bonds is 2. The second-order valence-electron chi connectivity index (χ2n) is 9.25. The molecule has 6 heteroatoms. The fourth-order valence-corrected chi connectivity index (χ4v) is 5.52.